The number of methoxy groups -OCH3 is 2. The van der Waals surface area contributed by atoms with Crippen molar-refractivity contribution in [2.24, 2.45) is 5.16 Å². The first-order chi connectivity index (χ1) is 9.76. The molecule has 2 rings (SSSR count). The normalized spacial score (nSPS) is 11.2. The van der Waals surface area contributed by atoms with Crippen LogP contribution in [0, 0.1) is 0 Å². The van der Waals surface area contributed by atoms with Gasteiger partial charge in [0.05, 0.1) is 19.9 Å². The molecule has 0 aromatic heterocycles. The zero-order chi connectivity index (χ0) is 14.4. The van der Waals surface area contributed by atoms with Gasteiger partial charge in [0.15, 0.2) is 0 Å². The van der Waals surface area contributed by atoms with E-state index in [1.54, 1.807) is 14.2 Å². The van der Waals surface area contributed by atoms with E-state index >= 15 is 0 Å². The smallest absolute Gasteiger partial charge is 0.119 e. The van der Waals surface area contributed by atoms with Crippen LogP contribution in [0.2, 0.25) is 0 Å². The van der Waals surface area contributed by atoms with Gasteiger partial charge in [-0.15, -0.1) is 0 Å². The number of ether oxygens (including phenoxy) is 2. The van der Waals surface area contributed by atoms with E-state index in [0.29, 0.717) is 12.1 Å². The maximum absolute atomic E-state index is 9.25. The third kappa shape index (κ3) is 3.29. The molecule has 0 atom stereocenters. The summed E-state index contributed by atoms with van der Waals surface area (Å²) in [6.07, 6.45) is 0.515. The highest BCUT2D eigenvalue weighted by Crippen LogP contribution is 2.18. The largest absolute Gasteiger partial charge is 0.497 e. The summed E-state index contributed by atoms with van der Waals surface area (Å²) in [4.78, 5) is 0. The van der Waals surface area contributed by atoms with Gasteiger partial charge in [-0.1, -0.05) is 29.4 Å². The topological polar surface area (TPSA) is 51.0 Å². The average Bonchev–Trinajstić information content (AvgIpc) is 2.52. The van der Waals surface area contributed by atoms with Gasteiger partial charge < -0.3 is 14.7 Å². The number of benzene rings is 2. The summed E-state index contributed by atoms with van der Waals surface area (Å²) in [6.45, 7) is 0. The standard InChI is InChI=1S/C16H17NO3/c1-19-14-7-3-5-12(9-14)10-16(17-18)13-6-4-8-15(11-13)20-2/h3-9,11,18H,10H2,1-2H3. The van der Waals surface area contributed by atoms with Gasteiger partial charge in [-0.2, -0.15) is 0 Å². The molecule has 2 aromatic carbocycles. The van der Waals surface area contributed by atoms with Crippen LogP contribution >= 0.6 is 0 Å². The Balaban J connectivity index is 2.24. The van der Waals surface area contributed by atoms with Crippen molar-refractivity contribution in [3.8, 4) is 11.5 Å². The lowest BCUT2D eigenvalue weighted by atomic mass is 10.0. The molecule has 0 unspecified atom stereocenters. The van der Waals surface area contributed by atoms with E-state index in [-0.39, 0.29) is 0 Å². The number of nitrogens with zero attached hydrogens (tertiary/aromatic N) is 1. The zero-order valence-corrected chi connectivity index (χ0v) is 11.5. The Hall–Kier alpha value is -2.49. The molecule has 0 aliphatic rings. The molecule has 0 aliphatic carbocycles. The SMILES string of the molecule is COc1cccc(CC(=NO)c2cccc(OC)c2)c1. The van der Waals surface area contributed by atoms with Gasteiger partial charge in [0.1, 0.15) is 11.5 Å². The van der Waals surface area contributed by atoms with Crippen molar-refractivity contribution in [1.82, 2.24) is 0 Å². The lowest BCUT2D eigenvalue weighted by Gasteiger charge is -2.08. The average molecular weight is 271 g/mol. The molecule has 4 heteroatoms. The lowest BCUT2D eigenvalue weighted by molar-refractivity contribution is 0.318. The molecule has 0 aliphatic heterocycles. The van der Waals surface area contributed by atoms with Crippen molar-refractivity contribution < 1.29 is 14.7 Å². The molecule has 0 spiro atoms. The first-order valence-corrected chi connectivity index (χ1v) is 6.25. The van der Waals surface area contributed by atoms with E-state index < -0.39 is 0 Å². The van der Waals surface area contributed by atoms with E-state index in [0.717, 1.165) is 22.6 Å². The zero-order valence-electron chi connectivity index (χ0n) is 11.5. The van der Waals surface area contributed by atoms with Crippen LogP contribution in [0.5, 0.6) is 11.5 Å². The van der Waals surface area contributed by atoms with Crippen LogP contribution < -0.4 is 9.47 Å². The Morgan fingerprint density at radius 1 is 1.00 bits per heavy atom. The molecule has 0 heterocycles. The van der Waals surface area contributed by atoms with Gasteiger partial charge in [-0.05, 0) is 29.8 Å². The van der Waals surface area contributed by atoms with Crippen molar-refractivity contribution in [2.75, 3.05) is 14.2 Å². The second kappa shape index (κ2) is 6.61. The van der Waals surface area contributed by atoms with Crippen LogP contribution in [-0.4, -0.2) is 25.1 Å². The van der Waals surface area contributed by atoms with Crippen LogP contribution in [0.1, 0.15) is 11.1 Å². The molecule has 1 N–H and O–H groups in total. The minimum atomic E-state index is 0.515. The van der Waals surface area contributed by atoms with Crippen LogP contribution in [0.4, 0.5) is 0 Å². The molecule has 0 saturated carbocycles. The van der Waals surface area contributed by atoms with E-state index in [2.05, 4.69) is 5.16 Å². The molecule has 4 nitrogen and oxygen atoms in total. The molecule has 20 heavy (non-hydrogen) atoms. The molecule has 104 valence electrons. The van der Waals surface area contributed by atoms with Gasteiger partial charge in [0, 0.05) is 12.0 Å². The van der Waals surface area contributed by atoms with Crippen molar-refractivity contribution in [2.45, 2.75) is 6.42 Å². The van der Waals surface area contributed by atoms with Gasteiger partial charge >= 0.3 is 0 Å². The quantitative estimate of drug-likeness (QED) is 0.516. The minimum absolute atomic E-state index is 0.515. The Labute approximate surface area is 118 Å². The van der Waals surface area contributed by atoms with Crippen molar-refractivity contribution in [3.05, 3.63) is 59.7 Å². The predicted molar refractivity (Wildman–Crippen MR) is 78.0 cm³/mol. The molecule has 0 saturated heterocycles. The summed E-state index contributed by atoms with van der Waals surface area (Å²) in [5, 5.41) is 12.7. The minimum Gasteiger partial charge on any atom is -0.497 e. The third-order valence-corrected chi connectivity index (χ3v) is 3.03. The molecular formula is C16H17NO3. The fraction of sp³-hybridized carbons (Fsp3) is 0.188. The molecule has 0 radical (unpaired) electrons. The highest BCUT2D eigenvalue weighted by molar-refractivity contribution is 6.01. The Morgan fingerprint density at radius 2 is 1.65 bits per heavy atom. The number of oxime groups is 1. The van der Waals surface area contributed by atoms with Crippen LogP contribution in [0.3, 0.4) is 0 Å². The third-order valence-electron chi connectivity index (χ3n) is 3.03. The van der Waals surface area contributed by atoms with Gasteiger partial charge in [-0.3, -0.25) is 0 Å². The number of rotatable bonds is 5. The first-order valence-electron chi connectivity index (χ1n) is 6.25. The summed E-state index contributed by atoms with van der Waals surface area (Å²) in [5.41, 5.74) is 2.42. The highest BCUT2D eigenvalue weighted by Gasteiger charge is 2.08. The number of hydrogen-bond donors (Lipinski definition) is 1. The summed E-state index contributed by atoms with van der Waals surface area (Å²) < 4.78 is 10.4. The van der Waals surface area contributed by atoms with E-state index in [4.69, 9.17) is 9.47 Å². The molecule has 0 amide bonds. The van der Waals surface area contributed by atoms with Crippen molar-refractivity contribution >= 4 is 5.71 Å². The maximum Gasteiger partial charge on any atom is 0.119 e. The molecular weight excluding hydrogens is 254 g/mol. The van der Waals surface area contributed by atoms with Crippen LogP contribution in [0.15, 0.2) is 53.7 Å². The monoisotopic (exact) mass is 271 g/mol. The van der Waals surface area contributed by atoms with Gasteiger partial charge in [-0.25, -0.2) is 0 Å². The maximum atomic E-state index is 9.25. The Kier molecular flexibility index (Phi) is 4.60. The van der Waals surface area contributed by atoms with E-state index in [9.17, 15) is 5.21 Å². The fourth-order valence-electron chi connectivity index (χ4n) is 1.97. The lowest BCUT2D eigenvalue weighted by Crippen LogP contribution is -2.06. The molecule has 0 fully saturated rings. The van der Waals surface area contributed by atoms with Gasteiger partial charge in [0.2, 0.25) is 0 Å². The predicted octanol–water partition coefficient (Wildman–Crippen LogP) is 3.12. The summed E-state index contributed by atoms with van der Waals surface area (Å²) in [5.74, 6) is 1.51. The summed E-state index contributed by atoms with van der Waals surface area (Å²) in [6, 6.07) is 15.1. The molecule has 0 bridgehead atoms. The van der Waals surface area contributed by atoms with Crippen LogP contribution in [-0.2, 0) is 6.42 Å². The van der Waals surface area contributed by atoms with E-state index in [1.807, 2.05) is 48.5 Å². The fourth-order valence-corrected chi connectivity index (χ4v) is 1.97. The first kappa shape index (κ1) is 13.9. The second-order valence-electron chi connectivity index (χ2n) is 4.31. The summed E-state index contributed by atoms with van der Waals surface area (Å²) >= 11 is 0. The van der Waals surface area contributed by atoms with Crippen molar-refractivity contribution in [1.29, 1.82) is 0 Å². The van der Waals surface area contributed by atoms with Gasteiger partial charge in [0.25, 0.3) is 0 Å². The van der Waals surface area contributed by atoms with Crippen molar-refractivity contribution in [3.63, 3.8) is 0 Å². The number of hydrogen-bond acceptors (Lipinski definition) is 4. The highest BCUT2D eigenvalue weighted by atomic mass is 16.5. The molecule has 2 aromatic rings. The Bertz CT molecular complexity index is 608. The van der Waals surface area contributed by atoms with Crippen LogP contribution in [0.25, 0.3) is 0 Å². The summed E-state index contributed by atoms with van der Waals surface area (Å²) in [7, 11) is 3.24. The Morgan fingerprint density at radius 3 is 2.30 bits per heavy atom. The van der Waals surface area contributed by atoms with E-state index in [1.165, 1.54) is 0 Å². The second-order valence-corrected chi connectivity index (χ2v) is 4.31.